The summed E-state index contributed by atoms with van der Waals surface area (Å²) in [5.74, 6) is 2.79. The zero-order chi connectivity index (χ0) is 24.5. The first-order valence-electron chi connectivity index (χ1n) is 11.9. The van der Waals surface area contributed by atoms with Crippen LogP contribution in [0.5, 0.6) is 23.0 Å². The predicted octanol–water partition coefficient (Wildman–Crippen LogP) is 4.58. The van der Waals surface area contributed by atoms with Gasteiger partial charge in [-0.05, 0) is 74.5 Å². The first-order valence-corrected chi connectivity index (χ1v) is 11.9. The molecule has 3 aromatic carbocycles. The molecular formula is C28H32N2O5. The number of benzene rings is 3. The molecule has 0 radical (unpaired) electrons. The van der Waals surface area contributed by atoms with Gasteiger partial charge < -0.3 is 29.5 Å². The van der Waals surface area contributed by atoms with Crippen molar-refractivity contribution < 1.29 is 24.1 Å². The molecule has 2 N–H and O–H groups in total. The summed E-state index contributed by atoms with van der Waals surface area (Å²) >= 11 is 0. The van der Waals surface area contributed by atoms with Crippen LogP contribution in [0.4, 0.5) is 5.69 Å². The second-order valence-electron chi connectivity index (χ2n) is 8.62. The molecule has 184 valence electrons. The Kier molecular flexibility index (Phi) is 8.59. The van der Waals surface area contributed by atoms with Crippen molar-refractivity contribution in [3.63, 3.8) is 0 Å². The number of hydrogen-bond acceptors (Lipinski definition) is 6. The van der Waals surface area contributed by atoms with E-state index in [1.807, 2.05) is 78.9 Å². The molecule has 1 amide bonds. The van der Waals surface area contributed by atoms with Gasteiger partial charge in [-0.25, -0.2) is 0 Å². The maximum absolute atomic E-state index is 12.7. The van der Waals surface area contributed by atoms with Crippen molar-refractivity contribution in [1.29, 1.82) is 0 Å². The number of anilines is 1. The van der Waals surface area contributed by atoms with Crippen LogP contribution in [0.2, 0.25) is 0 Å². The third kappa shape index (κ3) is 7.21. The normalized spacial score (nSPS) is 15.3. The molecule has 1 heterocycles. The van der Waals surface area contributed by atoms with Crippen LogP contribution in [0.1, 0.15) is 12.8 Å². The number of β-amino-alcohol motifs (C(OH)–C–C–N with tert-alkyl or cyclic N) is 1. The maximum atomic E-state index is 12.7. The Morgan fingerprint density at radius 1 is 0.943 bits per heavy atom. The summed E-state index contributed by atoms with van der Waals surface area (Å²) in [5, 5.41) is 13.4. The number of likely N-dealkylation sites (tertiary alicyclic amines) is 1. The molecule has 1 saturated heterocycles. The van der Waals surface area contributed by atoms with Gasteiger partial charge in [0.2, 0.25) is 5.91 Å². The summed E-state index contributed by atoms with van der Waals surface area (Å²) in [6.07, 6.45) is 0.878. The third-order valence-electron chi connectivity index (χ3n) is 6.04. The Hall–Kier alpha value is -3.55. The lowest BCUT2D eigenvalue weighted by Crippen LogP contribution is -2.42. The van der Waals surface area contributed by atoms with Gasteiger partial charge in [0.05, 0.1) is 12.8 Å². The maximum Gasteiger partial charge on any atom is 0.227 e. The molecule has 0 aliphatic carbocycles. The minimum absolute atomic E-state index is 0.0118. The fraction of sp³-hybridized carbons (Fsp3) is 0.321. The first-order chi connectivity index (χ1) is 17.1. The molecule has 35 heavy (non-hydrogen) atoms. The van der Waals surface area contributed by atoms with E-state index in [-0.39, 0.29) is 18.4 Å². The Morgan fingerprint density at radius 3 is 2.29 bits per heavy atom. The van der Waals surface area contributed by atoms with Crippen LogP contribution in [-0.4, -0.2) is 55.4 Å². The Labute approximate surface area is 206 Å². The molecule has 0 aromatic heterocycles. The van der Waals surface area contributed by atoms with Gasteiger partial charge in [0.1, 0.15) is 35.7 Å². The number of ether oxygens (including phenoxy) is 3. The molecule has 1 fully saturated rings. The number of para-hydroxylation sites is 3. The second-order valence-corrected chi connectivity index (χ2v) is 8.62. The average Bonchev–Trinajstić information content (AvgIpc) is 2.89. The zero-order valence-electron chi connectivity index (χ0n) is 19.9. The average molecular weight is 477 g/mol. The zero-order valence-corrected chi connectivity index (χ0v) is 19.9. The molecule has 1 aliphatic heterocycles. The van der Waals surface area contributed by atoms with Crippen LogP contribution >= 0.6 is 0 Å². The molecule has 0 spiro atoms. The summed E-state index contributed by atoms with van der Waals surface area (Å²) in [5.41, 5.74) is 0.690. The highest BCUT2D eigenvalue weighted by Crippen LogP contribution is 2.26. The second kappa shape index (κ2) is 12.2. The van der Waals surface area contributed by atoms with Gasteiger partial charge in [-0.3, -0.25) is 4.79 Å². The van der Waals surface area contributed by atoms with E-state index in [9.17, 15) is 9.90 Å². The number of nitrogens with one attached hydrogen (secondary N) is 1. The first kappa shape index (κ1) is 24.6. The van der Waals surface area contributed by atoms with E-state index in [2.05, 4.69) is 10.2 Å². The van der Waals surface area contributed by atoms with Crippen molar-refractivity contribution in [3.8, 4) is 23.0 Å². The summed E-state index contributed by atoms with van der Waals surface area (Å²) in [4.78, 5) is 14.9. The van der Waals surface area contributed by atoms with Crippen molar-refractivity contribution in [2.75, 3.05) is 38.7 Å². The van der Waals surface area contributed by atoms with Gasteiger partial charge in [-0.2, -0.15) is 0 Å². The van der Waals surface area contributed by atoms with Gasteiger partial charge in [0.15, 0.2) is 0 Å². The molecule has 3 aromatic rings. The quantitative estimate of drug-likeness (QED) is 0.446. The predicted molar refractivity (Wildman–Crippen MR) is 135 cm³/mol. The lowest BCUT2D eigenvalue weighted by molar-refractivity contribution is -0.121. The lowest BCUT2D eigenvalue weighted by atomic mass is 9.95. The van der Waals surface area contributed by atoms with Gasteiger partial charge in [-0.15, -0.1) is 0 Å². The summed E-state index contributed by atoms with van der Waals surface area (Å²) < 4.78 is 16.8. The summed E-state index contributed by atoms with van der Waals surface area (Å²) in [7, 11) is 1.59. The van der Waals surface area contributed by atoms with Gasteiger partial charge in [0.25, 0.3) is 0 Å². The van der Waals surface area contributed by atoms with E-state index in [1.54, 1.807) is 7.11 Å². The Morgan fingerprint density at radius 2 is 1.57 bits per heavy atom. The van der Waals surface area contributed by atoms with Crippen molar-refractivity contribution in [1.82, 2.24) is 4.90 Å². The number of aliphatic hydroxyl groups excluding tert-OH is 1. The van der Waals surface area contributed by atoms with Crippen molar-refractivity contribution in [2.24, 2.45) is 5.92 Å². The van der Waals surface area contributed by atoms with E-state index in [0.29, 0.717) is 23.7 Å². The molecule has 1 aliphatic rings. The molecule has 0 saturated carbocycles. The third-order valence-corrected chi connectivity index (χ3v) is 6.04. The number of carbonyl (C=O) groups is 1. The molecule has 7 nitrogen and oxygen atoms in total. The van der Waals surface area contributed by atoms with Crippen LogP contribution < -0.4 is 19.5 Å². The number of methoxy groups -OCH3 is 1. The van der Waals surface area contributed by atoms with E-state index in [0.717, 1.165) is 37.4 Å². The van der Waals surface area contributed by atoms with E-state index >= 15 is 0 Å². The number of aliphatic hydroxyl groups is 1. The van der Waals surface area contributed by atoms with Gasteiger partial charge in [0, 0.05) is 12.5 Å². The molecule has 1 atom stereocenters. The fourth-order valence-electron chi connectivity index (χ4n) is 4.13. The van der Waals surface area contributed by atoms with Crippen LogP contribution in [0.25, 0.3) is 0 Å². The van der Waals surface area contributed by atoms with E-state index in [1.165, 1.54) is 0 Å². The van der Waals surface area contributed by atoms with E-state index in [4.69, 9.17) is 14.2 Å². The summed E-state index contributed by atoms with van der Waals surface area (Å²) in [6.45, 7) is 2.22. The number of hydrogen-bond donors (Lipinski definition) is 2. The summed E-state index contributed by atoms with van der Waals surface area (Å²) in [6, 6.07) is 24.3. The molecule has 4 rings (SSSR count). The molecule has 7 heteroatoms. The SMILES string of the molecule is COc1ccccc1NC(=O)C1CCN(CC(O)COc2ccc(Oc3ccccc3)cc2)CC1. The Bertz CT molecular complexity index is 1070. The van der Waals surface area contributed by atoms with Gasteiger partial charge >= 0.3 is 0 Å². The van der Waals surface area contributed by atoms with Crippen LogP contribution in [0.3, 0.4) is 0 Å². The highest BCUT2D eigenvalue weighted by atomic mass is 16.5. The standard InChI is InChI=1S/C28H32N2O5/c1-33-27-10-6-5-9-26(27)29-28(32)21-15-17-30(18-16-21)19-22(31)20-34-23-11-13-25(14-12-23)35-24-7-3-2-4-8-24/h2-14,21-22,31H,15-20H2,1H3,(H,29,32). The minimum atomic E-state index is -0.616. The molecular weight excluding hydrogens is 444 g/mol. The number of piperidine rings is 1. The van der Waals surface area contributed by atoms with Crippen molar-refractivity contribution in [3.05, 3.63) is 78.9 Å². The monoisotopic (exact) mass is 476 g/mol. The highest BCUT2D eigenvalue weighted by molar-refractivity contribution is 5.94. The smallest absolute Gasteiger partial charge is 0.227 e. The van der Waals surface area contributed by atoms with E-state index < -0.39 is 6.10 Å². The Balaban J connectivity index is 1.17. The number of nitrogens with zero attached hydrogens (tertiary/aromatic N) is 1. The largest absolute Gasteiger partial charge is 0.495 e. The van der Waals surface area contributed by atoms with Crippen LogP contribution in [0.15, 0.2) is 78.9 Å². The number of amides is 1. The van der Waals surface area contributed by atoms with Crippen LogP contribution in [-0.2, 0) is 4.79 Å². The lowest BCUT2D eigenvalue weighted by Gasteiger charge is -2.32. The number of rotatable bonds is 10. The van der Waals surface area contributed by atoms with Crippen molar-refractivity contribution >= 4 is 11.6 Å². The number of carbonyl (C=O) groups excluding carboxylic acids is 1. The minimum Gasteiger partial charge on any atom is -0.495 e. The van der Waals surface area contributed by atoms with Gasteiger partial charge in [-0.1, -0.05) is 30.3 Å². The molecule has 1 unspecified atom stereocenters. The van der Waals surface area contributed by atoms with Crippen molar-refractivity contribution in [2.45, 2.75) is 18.9 Å². The topological polar surface area (TPSA) is 80.3 Å². The molecule has 0 bridgehead atoms. The fourth-order valence-corrected chi connectivity index (χ4v) is 4.13. The highest BCUT2D eigenvalue weighted by Gasteiger charge is 2.26. The van der Waals surface area contributed by atoms with Crippen LogP contribution in [0, 0.1) is 5.92 Å².